The first-order valence-electron chi connectivity index (χ1n) is 5.17. The number of hydrogen-bond donors (Lipinski definition) is 1. The third kappa shape index (κ3) is 3.78. The van der Waals surface area contributed by atoms with Gasteiger partial charge in [0.2, 0.25) is 0 Å². The smallest absolute Gasteiger partial charge is 0.130 e. The van der Waals surface area contributed by atoms with E-state index in [-0.39, 0.29) is 0 Å². The number of halogens is 1. The zero-order valence-electron chi connectivity index (χ0n) is 9.71. The number of hydrogen-bond acceptors (Lipinski definition) is 3. The SMILES string of the molecule is Cc1cc(NC(C)C(C)CBr)nc(C)n1. The van der Waals surface area contributed by atoms with E-state index in [1.165, 1.54) is 0 Å². The highest BCUT2D eigenvalue weighted by molar-refractivity contribution is 9.09. The van der Waals surface area contributed by atoms with Crippen LogP contribution in [-0.2, 0) is 0 Å². The number of nitrogens with zero attached hydrogens (tertiary/aromatic N) is 2. The second-order valence-corrected chi connectivity index (χ2v) is 4.65. The zero-order chi connectivity index (χ0) is 11.4. The van der Waals surface area contributed by atoms with E-state index in [4.69, 9.17) is 0 Å². The van der Waals surface area contributed by atoms with Gasteiger partial charge in [0.1, 0.15) is 11.6 Å². The molecular weight excluding hydrogens is 254 g/mol. The summed E-state index contributed by atoms with van der Waals surface area (Å²) in [5.41, 5.74) is 1.00. The summed E-state index contributed by atoms with van der Waals surface area (Å²) in [6.07, 6.45) is 0. The van der Waals surface area contributed by atoms with Gasteiger partial charge in [0, 0.05) is 23.1 Å². The van der Waals surface area contributed by atoms with Crippen molar-refractivity contribution in [2.24, 2.45) is 5.92 Å². The maximum absolute atomic E-state index is 4.35. The third-order valence-corrected chi connectivity index (χ3v) is 3.46. The minimum Gasteiger partial charge on any atom is -0.367 e. The van der Waals surface area contributed by atoms with Crippen LogP contribution in [0.15, 0.2) is 6.07 Å². The molecule has 0 saturated carbocycles. The van der Waals surface area contributed by atoms with E-state index in [0.29, 0.717) is 12.0 Å². The molecule has 1 rings (SSSR count). The maximum Gasteiger partial charge on any atom is 0.130 e. The molecule has 0 amide bonds. The van der Waals surface area contributed by atoms with E-state index in [0.717, 1.165) is 22.7 Å². The summed E-state index contributed by atoms with van der Waals surface area (Å²) < 4.78 is 0. The lowest BCUT2D eigenvalue weighted by atomic mass is 10.1. The van der Waals surface area contributed by atoms with Gasteiger partial charge in [-0.1, -0.05) is 22.9 Å². The molecule has 0 radical (unpaired) electrons. The summed E-state index contributed by atoms with van der Waals surface area (Å²) in [7, 11) is 0. The maximum atomic E-state index is 4.35. The van der Waals surface area contributed by atoms with Crippen molar-refractivity contribution in [1.82, 2.24) is 9.97 Å². The number of anilines is 1. The first kappa shape index (κ1) is 12.4. The molecule has 0 aliphatic rings. The second-order valence-electron chi connectivity index (χ2n) is 4.01. The van der Waals surface area contributed by atoms with Gasteiger partial charge in [-0.15, -0.1) is 0 Å². The van der Waals surface area contributed by atoms with Crippen LogP contribution in [0, 0.1) is 19.8 Å². The van der Waals surface area contributed by atoms with E-state index in [2.05, 4.69) is 45.1 Å². The molecule has 4 heteroatoms. The molecule has 3 nitrogen and oxygen atoms in total. The molecule has 1 N–H and O–H groups in total. The number of nitrogens with one attached hydrogen (secondary N) is 1. The van der Waals surface area contributed by atoms with Crippen LogP contribution in [0.25, 0.3) is 0 Å². The van der Waals surface area contributed by atoms with Crippen LogP contribution in [0.1, 0.15) is 25.4 Å². The summed E-state index contributed by atoms with van der Waals surface area (Å²) >= 11 is 3.48. The van der Waals surface area contributed by atoms with Crippen molar-refractivity contribution < 1.29 is 0 Å². The summed E-state index contributed by atoms with van der Waals surface area (Å²) in [5, 5.41) is 4.38. The standard InChI is InChI=1S/C11H18BrN3/c1-7(6-12)9(3)14-11-5-8(2)13-10(4)15-11/h5,7,9H,6H2,1-4H3,(H,13,14,15). The highest BCUT2D eigenvalue weighted by Gasteiger charge is 2.11. The number of aryl methyl sites for hydroxylation is 2. The average molecular weight is 272 g/mol. The molecule has 0 saturated heterocycles. The molecule has 1 heterocycles. The molecule has 0 spiro atoms. The van der Waals surface area contributed by atoms with Crippen molar-refractivity contribution in [3.05, 3.63) is 17.6 Å². The van der Waals surface area contributed by atoms with Gasteiger partial charge in [-0.2, -0.15) is 0 Å². The van der Waals surface area contributed by atoms with E-state index >= 15 is 0 Å². The lowest BCUT2D eigenvalue weighted by molar-refractivity contribution is 0.570. The molecule has 84 valence electrons. The minimum absolute atomic E-state index is 0.401. The fourth-order valence-electron chi connectivity index (χ4n) is 1.30. The van der Waals surface area contributed by atoms with Crippen molar-refractivity contribution in [3.8, 4) is 0 Å². The molecule has 1 aromatic heterocycles. The van der Waals surface area contributed by atoms with E-state index < -0.39 is 0 Å². The molecule has 0 aromatic carbocycles. The molecular formula is C11H18BrN3. The van der Waals surface area contributed by atoms with E-state index in [1.54, 1.807) is 0 Å². The van der Waals surface area contributed by atoms with Gasteiger partial charge in [-0.05, 0) is 26.7 Å². The van der Waals surface area contributed by atoms with Gasteiger partial charge in [0.05, 0.1) is 0 Å². The first-order valence-corrected chi connectivity index (χ1v) is 6.30. The summed E-state index contributed by atoms with van der Waals surface area (Å²) in [6, 6.07) is 2.38. The van der Waals surface area contributed by atoms with Gasteiger partial charge in [0.25, 0.3) is 0 Å². The van der Waals surface area contributed by atoms with Crippen molar-refractivity contribution in [2.75, 3.05) is 10.6 Å². The zero-order valence-corrected chi connectivity index (χ0v) is 11.3. The second kappa shape index (κ2) is 5.45. The summed E-state index contributed by atoms with van der Waals surface area (Å²) in [4.78, 5) is 8.60. The van der Waals surface area contributed by atoms with Crippen LogP contribution in [0.5, 0.6) is 0 Å². The van der Waals surface area contributed by atoms with Crippen LogP contribution < -0.4 is 5.32 Å². The van der Waals surface area contributed by atoms with Gasteiger partial charge >= 0.3 is 0 Å². The normalized spacial score (nSPS) is 14.7. The van der Waals surface area contributed by atoms with Crippen molar-refractivity contribution in [1.29, 1.82) is 0 Å². The molecule has 15 heavy (non-hydrogen) atoms. The average Bonchev–Trinajstić information content (AvgIpc) is 2.14. The number of rotatable bonds is 4. The number of aromatic nitrogens is 2. The Morgan fingerprint density at radius 3 is 2.53 bits per heavy atom. The Bertz CT molecular complexity index is 307. The van der Waals surface area contributed by atoms with Crippen molar-refractivity contribution >= 4 is 21.7 Å². The third-order valence-electron chi connectivity index (χ3n) is 2.44. The largest absolute Gasteiger partial charge is 0.367 e. The Kier molecular flexibility index (Phi) is 4.51. The van der Waals surface area contributed by atoms with Crippen LogP contribution >= 0.6 is 15.9 Å². The van der Waals surface area contributed by atoms with Gasteiger partial charge in [0.15, 0.2) is 0 Å². The predicted octanol–water partition coefficient (Wildman–Crippen LogP) is 2.92. The fraction of sp³-hybridized carbons (Fsp3) is 0.636. The van der Waals surface area contributed by atoms with Gasteiger partial charge in [-0.25, -0.2) is 9.97 Å². The Hall–Kier alpha value is -0.640. The Morgan fingerprint density at radius 2 is 2.00 bits per heavy atom. The fourth-order valence-corrected chi connectivity index (χ4v) is 1.86. The first-order chi connectivity index (χ1) is 7.02. The lowest BCUT2D eigenvalue weighted by Gasteiger charge is -2.20. The van der Waals surface area contributed by atoms with Crippen LogP contribution in [-0.4, -0.2) is 21.3 Å². The van der Waals surface area contributed by atoms with Crippen molar-refractivity contribution in [2.45, 2.75) is 33.7 Å². The molecule has 0 bridgehead atoms. The Labute approximate surface area is 99.8 Å². The van der Waals surface area contributed by atoms with E-state index in [9.17, 15) is 0 Å². The van der Waals surface area contributed by atoms with E-state index in [1.807, 2.05) is 19.9 Å². The molecule has 1 aromatic rings. The molecule has 2 unspecified atom stereocenters. The predicted molar refractivity (Wildman–Crippen MR) is 67.5 cm³/mol. The highest BCUT2D eigenvalue weighted by atomic mass is 79.9. The quantitative estimate of drug-likeness (QED) is 0.856. The lowest BCUT2D eigenvalue weighted by Crippen LogP contribution is -2.25. The van der Waals surface area contributed by atoms with Gasteiger partial charge in [-0.3, -0.25) is 0 Å². The summed E-state index contributed by atoms with van der Waals surface area (Å²) in [6.45, 7) is 8.27. The molecule has 0 aliphatic carbocycles. The minimum atomic E-state index is 0.401. The van der Waals surface area contributed by atoms with Gasteiger partial charge < -0.3 is 5.32 Å². The molecule has 0 aliphatic heterocycles. The Balaban J connectivity index is 2.72. The van der Waals surface area contributed by atoms with Crippen LogP contribution in [0.3, 0.4) is 0 Å². The van der Waals surface area contributed by atoms with Crippen LogP contribution in [0.4, 0.5) is 5.82 Å². The van der Waals surface area contributed by atoms with Crippen LogP contribution in [0.2, 0.25) is 0 Å². The summed E-state index contributed by atoms with van der Waals surface area (Å²) in [5.74, 6) is 2.30. The van der Waals surface area contributed by atoms with Crippen molar-refractivity contribution in [3.63, 3.8) is 0 Å². The number of alkyl halides is 1. The Morgan fingerprint density at radius 1 is 1.33 bits per heavy atom. The topological polar surface area (TPSA) is 37.8 Å². The monoisotopic (exact) mass is 271 g/mol. The molecule has 0 fully saturated rings. The molecule has 2 atom stereocenters. The highest BCUT2D eigenvalue weighted by Crippen LogP contribution is 2.13.